The molecule has 1 saturated heterocycles. The van der Waals surface area contributed by atoms with Crippen molar-refractivity contribution < 1.29 is 18.3 Å². The second-order valence-electron chi connectivity index (χ2n) is 8.89. The van der Waals surface area contributed by atoms with E-state index in [1.165, 1.54) is 27.8 Å². The number of ether oxygens (including phenoxy) is 2. The number of benzene rings is 1. The molecule has 3 rings (SSSR count). The van der Waals surface area contributed by atoms with Gasteiger partial charge < -0.3 is 0 Å². The van der Waals surface area contributed by atoms with E-state index in [0.717, 1.165) is 20.9 Å². The van der Waals surface area contributed by atoms with Gasteiger partial charge in [0.15, 0.2) is 0 Å². The van der Waals surface area contributed by atoms with Gasteiger partial charge in [0.2, 0.25) is 0 Å². The van der Waals surface area contributed by atoms with Crippen LogP contribution >= 0.6 is 19.8 Å². The van der Waals surface area contributed by atoms with Crippen LogP contribution < -0.4 is 20.1 Å². The van der Waals surface area contributed by atoms with Crippen molar-refractivity contribution >= 4 is 31.3 Å². The Bertz CT molecular complexity index is 1070. The van der Waals surface area contributed by atoms with Crippen LogP contribution in [0.3, 0.4) is 0 Å². The molecule has 206 valence electrons. The van der Waals surface area contributed by atoms with Crippen LogP contribution in [0.1, 0.15) is 37.1 Å². The minimum atomic E-state index is -0.957. The van der Waals surface area contributed by atoms with Crippen LogP contribution in [0.25, 0.3) is 0 Å². The third-order valence-corrected chi connectivity index (χ3v) is 13.7. The summed E-state index contributed by atoms with van der Waals surface area (Å²) in [5.41, 5.74) is 3.04. The van der Waals surface area contributed by atoms with Crippen molar-refractivity contribution in [1.82, 2.24) is 15.3 Å². The van der Waals surface area contributed by atoms with Gasteiger partial charge in [0.1, 0.15) is 5.82 Å². The first kappa shape index (κ1) is 31.0. The van der Waals surface area contributed by atoms with Gasteiger partial charge in [0, 0.05) is 0 Å². The number of alkyl halides is 4. The molecule has 0 radical (unpaired) electrons. The van der Waals surface area contributed by atoms with E-state index in [2.05, 4.69) is 34.6 Å². The van der Waals surface area contributed by atoms with Gasteiger partial charge >= 0.3 is 182 Å². The van der Waals surface area contributed by atoms with Gasteiger partial charge in [-0.2, -0.15) is 0 Å². The van der Waals surface area contributed by atoms with Crippen LogP contribution in [-0.4, -0.2) is 50.8 Å². The number of nitrogens with one attached hydrogen (secondary N) is 2. The van der Waals surface area contributed by atoms with Gasteiger partial charge in [-0.3, -0.25) is 4.39 Å². The Balaban J connectivity index is 0.00000235. The number of aromatic nitrogens is 2. The van der Waals surface area contributed by atoms with Crippen molar-refractivity contribution in [3.8, 4) is 11.5 Å². The van der Waals surface area contributed by atoms with E-state index in [-0.39, 0.29) is 5.82 Å². The van der Waals surface area contributed by atoms with E-state index in [9.17, 15) is 8.78 Å². The van der Waals surface area contributed by atoms with Crippen molar-refractivity contribution in [1.29, 1.82) is 0 Å². The number of hydrogen-bond donors (Lipinski definition) is 2. The molecule has 0 aliphatic carbocycles. The monoisotopic (exact) mass is 630 g/mol. The number of rotatable bonds is 9. The first-order chi connectivity index (χ1) is 17.8. The average molecular weight is 631 g/mol. The van der Waals surface area contributed by atoms with Crippen molar-refractivity contribution in [3.05, 3.63) is 59.3 Å². The van der Waals surface area contributed by atoms with E-state index < -0.39 is 19.8 Å². The summed E-state index contributed by atoms with van der Waals surface area (Å²) in [6, 6.07) is 8.82. The summed E-state index contributed by atoms with van der Waals surface area (Å²) >= 11 is -0.957. The smallest absolute Gasteiger partial charge is 0.255 e. The van der Waals surface area contributed by atoms with Crippen LogP contribution in [0.4, 0.5) is 20.3 Å². The zero-order valence-corrected chi connectivity index (χ0v) is 25.2. The fraction of sp³-hybridized carbons (Fsp3) is 0.500. The summed E-state index contributed by atoms with van der Waals surface area (Å²) < 4.78 is 38.9. The quantitative estimate of drug-likeness (QED) is 0.182. The van der Waals surface area contributed by atoms with Gasteiger partial charge in [-0.05, 0) is 18.1 Å². The molecule has 37 heavy (non-hydrogen) atoms. The van der Waals surface area contributed by atoms with Crippen molar-refractivity contribution in [2.75, 3.05) is 42.2 Å². The first-order valence-electron chi connectivity index (χ1n) is 12.4. The van der Waals surface area contributed by atoms with Gasteiger partial charge in [-0.15, -0.1) is 0 Å². The van der Waals surface area contributed by atoms with Crippen molar-refractivity contribution in [2.24, 2.45) is 5.92 Å². The van der Waals surface area contributed by atoms with Crippen LogP contribution in [0, 0.1) is 25.6 Å². The Hall–Kier alpha value is -2.27. The number of halogens is 3. The minimum Gasteiger partial charge on any atom is -0.255 e. The molecule has 1 unspecified atom stereocenters. The van der Waals surface area contributed by atoms with E-state index in [4.69, 9.17) is 9.47 Å². The molecule has 1 aliphatic heterocycles. The zero-order valence-electron chi connectivity index (χ0n) is 23.0. The molecule has 1 aliphatic rings. The molecule has 1 fully saturated rings. The van der Waals surface area contributed by atoms with Gasteiger partial charge in [-0.1, -0.05) is 6.92 Å². The summed E-state index contributed by atoms with van der Waals surface area (Å²) in [7, 11) is 4.20. The zero-order chi connectivity index (χ0) is 27.4. The number of nitrogens with zero attached hydrogens (tertiary/aromatic N) is 2. The Morgan fingerprint density at radius 1 is 1.11 bits per heavy atom. The predicted molar refractivity (Wildman–Crippen MR) is 158 cm³/mol. The molecular formula is C28H41F2IN4O2. The van der Waals surface area contributed by atoms with Gasteiger partial charge in [0.25, 0.3) is 0 Å². The molecule has 0 amide bonds. The van der Waals surface area contributed by atoms with Crippen LogP contribution in [0.15, 0.2) is 36.7 Å². The van der Waals surface area contributed by atoms with E-state index >= 15 is 0 Å². The SMILES string of the molecule is CCc1cc(Nc2ncnc(C)cc(OCC3C[C@@H](C)I(CNC)C3)c(OC)cc2C)ccc1F.CF. The molecule has 1 aromatic carbocycles. The van der Waals surface area contributed by atoms with Crippen molar-refractivity contribution in [2.45, 2.75) is 44.5 Å². The molecule has 1 aromatic heterocycles. The topological polar surface area (TPSA) is 68.3 Å². The number of aryl methyl sites for hydroxylation is 3. The fourth-order valence-electron chi connectivity index (χ4n) is 4.14. The Morgan fingerprint density at radius 2 is 1.86 bits per heavy atom. The Morgan fingerprint density at radius 3 is 2.54 bits per heavy atom. The Labute approximate surface area is 227 Å². The van der Waals surface area contributed by atoms with Crippen LogP contribution in [-0.2, 0) is 6.42 Å². The van der Waals surface area contributed by atoms with E-state index in [1.54, 1.807) is 13.2 Å². The molecule has 6 nitrogen and oxygen atoms in total. The molecule has 9 heteroatoms. The predicted octanol–water partition coefficient (Wildman–Crippen LogP) is 6.73. The average Bonchev–Trinajstić information content (AvgIpc) is 3.25. The molecule has 2 N–H and O–H groups in total. The summed E-state index contributed by atoms with van der Waals surface area (Å²) in [6.45, 7) is 8.87. The molecule has 2 heterocycles. The third kappa shape index (κ3) is 9.21. The van der Waals surface area contributed by atoms with Crippen LogP contribution in [0.2, 0.25) is 0 Å². The standard InChI is InChI=1S/C27H38FIN4O2.CH3F/c1-7-22-13-23(8-9-24(22)28)33-27-18(2)10-25(34-6)26(12-20(4)31-17-32-27)35-15-21-11-19(3)29(14-21)16-30-5;1-2/h8-10,12-13,17,19,21,30H,7,11,14-16H2,1-6H3,(H,31,32,33);1H3/t19-,21?;/m1./s1. The Kier molecular flexibility index (Phi) is 13.3. The normalized spacial score (nSPS) is 17.4. The second-order valence-corrected chi connectivity index (χ2v) is 15.5. The summed E-state index contributed by atoms with van der Waals surface area (Å²) in [6.07, 6.45) is 3.37. The first-order valence-corrected chi connectivity index (χ1v) is 16.7. The molecule has 0 saturated carbocycles. The molecular weight excluding hydrogens is 589 g/mol. The summed E-state index contributed by atoms with van der Waals surface area (Å²) in [5.74, 6) is 2.28. The number of anilines is 2. The molecule has 2 aromatic rings. The van der Waals surface area contributed by atoms with Gasteiger partial charge in [-0.25, -0.2) is 4.39 Å². The number of hydrogen-bond acceptors (Lipinski definition) is 6. The van der Waals surface area contributed by atoms with Crippen LogP contribution in [0.5, 0.6) is 11.5 Å². The maximum atomic E-state index is 14.0. The van der Waals surface area contributed by atoms with E-state index in [1.807, 2.05) is 39.0 Å². The van der Waals surface area contributed by atoms with E-state index in [0.29, 0.717) is 49.0 Å². The summed E-state index contributed by atoms with van der Waals surface area (Å²) in [5, 5.41) is 6.69. The fourth-order valence-corrected chi connectivity index (χ4v) is 10.7. The second kappa shape index (κ2) is 15.9. The van der Waals surface area contributed by atoms with Crippen molar-refractivity contribution in [3.63, 3.8) is 0 Å². The number of methoxy groups -OCH3 is 1. The van der Waals surface area contributed by atoms with Gasteiger partial charge in [0.05, 0.1) is 7.18 Å². The molecule has 2 atom stereocenters. The molecule has 0 bridgehead atoms. The minimum absolute atomic E-state index is 0.205. The molecule has 0 spiro atoms. The third-order valence-electron chi connectivity index (χ3n) is 6.04. The summed E-state index contributed by atoms with van der Waals surface area (Å²) in [4.78, 5) is 8.98. The maximum absolute atomic E-state index is 14.0.